The summed E-state index contributed by atoms with van der Waals surface area (Å²) in [6.45, 7) is 13.1. The van der Waals surface area contributed by atoms with Crippen molar-refractivity contribution < 1.29 is 4.79 Å². The van der Waals surface area contributed by atoms with Crippen LogP contribution in [0.3, 0.4) is 0 Å². The van der Waals surface area contributed by atoms with Crippen LogP contribution in [0.5, 0.6) is 0 Å². The lowest BCUT2D eigenvalue weighted by atomic mass is 9.92. The van der Waals surface area contributed by atoms with Crippen LogP contribution in [0, 0.1) is 5.92 Å². The molecule has 4 nitrogen and oxygen atoms in total. The highest BCUT2D eigenvalue weighted by molar-refractivity contribution is 5.76. The zero-order valence-corrected chi connectivity index (χ0v) is 13.5. The van der Waals surface area contributed by atoms with E-state index in [0.717, 1.165) is 26.2 Å². The smallest absolute Gasteiger partial charge is 0.221 e. The summed E-state index contributed by atoms with van der Waals surface area (Å²) in [5.74, 6) is 0.873. The highest BCUT2D eigenvalue weighted by Crippen LogP contribution is 2.24. The summed E-state index contributed by atoms with van der Waals surface area (Å²) in [5, 5.41) is 3.10. The molecule has 0 unspecified atom stereocenters. The van der Waals surface area contributed by atoms with Crippen molar-refractivity contribution in [1.82, 2.24) is 15.1 Å². The number of hydrogen-bond acceptors (Lipinski definition) is 3. The molecule has 116 valence electrons. The van der Waals surface area contributed by atoms with Crippen LogP contribution in [0.15, 0.2) is 0 Å². The van der Waals surface area contributed by atoms with Gasteiger partial charge in [-0.3, -0.25) is 9.69 Å². The third-order valence-corrected chi connectivity index (χ3v) is 4.60. The molecular formula is C16H31N3O. The molecule has 0 bridgehead atoms. The Morgan fingerprint density at radius 3 is 2.40 bits per heavy atom. The molecule has 1 amide bonds. The summed E-state index contributed by atoms with van der Waals surface area (Å²) in [7, 11) is 0. The van der Waals surface area contributed by atoms with Gasteiger partial charge >= 0.3 is 0 Å². The van der Waals surface area contributed by atoms with E-state index < -0.39 is 0 Å². The molecule has 2 fully saturated rings. The molecule has 0 atom stereocenters. The van der Waals surface area contributed by atoms with Gasteiger partial charge in [0.1, 0.15) is 0 Å². The van der Waals surface area contributed by atoms with Gasteiger partial charge in [0, 0.05) is 44.1 Å². The van der Waals surface area contributed by atoms with E-state index in [4.69, 9.17) is 0 Å². The Morgan fingerprint density at radius 2 is 1.80 bits per heavy atom. The molecule has 2 aliphatic heterocycles. The van der Waals surface area contributed by atoms with Crippen LogP contribution in [0.4, 0.5) is 0 Å². The molecule has 0 aromatic rings. The van der Waals surface area contributed by atoms with Gasteiger partial charge in [-0.2, -0.15) is 0 Å². The maximum atomic E-state index is 11.9. The second-order valence-corrected chi connectivity index (χ2v) is 7.40. The maximum Gasteiger partial charge on any atom is 0.221 e. The van der Waals surface area contributed by atoms with Crippen LogP contribution in [0.1, 0.15) is 46.5 Å². The van der Waals surface area contributed by atoms with Crippen molar-refractivity contribution in [3.8, 4) is 0 Å². The lowest BCUT2D eigenvalue weighted by Crippen LogP contribution is -2.58. The fourth-order valence-corrected chi connectivity index (χ4v) is 3.04. The molecule has 4 heteroatoms. The van der Waals surface area contributed by atoms with E-state index in [1.807, 2.05) is 0 Å². The number of likely N-dealkylation sites (tertiary alicyclic amines) is 2. The topological polar surface area (TPSA) is 35.6 Å². The van der Waals surface area contributed by atoms with E-state index in [1.165, 1.54) is 32.4 Å². The van der Waals surface area contributed by atoms with Crippen molar-refractivity contribution in [1.29, 1.82) is 0 Å². The predicted octanol–water partition coefficient (Wildman–Crippen LogP) is 1.71. The number of rotatable bonds is 5. The normalized spacial score (nSPS) is 22.6. The monoisotopic (exact) mass is 281 g/mol. The molecular weight excluding hydrogens is 250 g/mol. The standard InChI is InChI=1S/C16H31N3O/c1-16(2,3)19-12-14(13-19)11-17-15(20)7-10-18-8-5-4-6-9-18/h14H,4-13H2,1-3H3,(H,17,20). The fraction of sp³-hybridized carbons (Fsp3) is 0.938. The van der Waals surface area contributed by atoms with Gasteiger partial charge in [-0.25, -0.2) is 0 Å². The number of nitrogens with one attached hydrogen (secondary N) is 1. The zero-order chi connectivity index (χ0) is 14.6. The summed E-state index contributed by atoms with van der Waals surface area (Å²) >= 11 is 0. The van der Waals surface area contributed by atoms with Gasteiger partial charge in [0.15, 0.2) is 0 Å². The van der Waals surface area contributed by atoms with E-state index in [2.05, 4.69) is 35.9 Å². The van der Waals surface area contributed by atoms with Gasteiger partial charge in [-0.05, 0) is 46.7 Å². The first-order valence-electron chi connectivity index (χ1n) is 8.19. The molecule has 0 aromatic carbocycles. The van der Waals surface area contributed by atoms with Gasteiger partial charge < -0.3 is 10.2 Å². The highest BCUT2D eigenvalue weighted by Gasteiger charge is 2.34. The minimum Gasteiger partial charge on any atom is -0.356 e. The predicted molar refractivity (Wildman–Crippen MR) is 82.7 cm³/mol. The number of hydrogen-bond donors (Lipinski definition) is 1. The van der Waals surface area contributed by atoms with E-state index >= 15 is 0 Å². The molecule has 1 N–H and O–H groups in total. The van der Waals surface area contributed by atoms with E-state index in [0.29, 0.717) is 12.3 Å². The van der Waals surface area contributed by atoms with Crippen molar-refractivity contribution in [3.63, 3.8) is 0 Å². The third-order valence-electron chi connectivity index (χ3n) is 4.60. The average molecular weight is 281 g/mol. The number of amides is 1. The quantitative estimate of drug-likeness (QED) is 0.833. The Balaban J connectivity index is 1.53. The molecule has 0 radical (unpaired) electrons. The molecule has 2 rings (SSSR count). The minimum absolute atomic E-state index is 0.227. The number of piperidine rings is 1. The van der Waals surface area contributed by atoms with Crippen LogP contribution in [-0.4, -0.2) is 60.5 Å². The van der Waals surface area contributed by atoms with Gasteiger partial charge in [0.2, 0.25) is 5.91 Å². The first kappa shape index (κ1) is 15.8. The molecule has 0 saturated carbocycles. The molecule has 2 saturated heterocycles. The summed E-state index contributed by atoms with van der Waals surface area (Å²) in [6.07, 6.45) is 4.61. The third kappa shape index (κ3) is 4.74. The molecule has 2 heterocycles. The fourth-order valence-electron chi connectivity index (χ4n) is 3.04. The van der Waals surface area contributed by atoms with E-state index in [-0.39, 0.29) is 11.4 Å². The van der Waals surface area contributed by atoms with Crippen LogP contribution in [0.2, 0.25) is 0 Å². The first-order valence-corrected chi connectivity index (χ1v) is 8.19. The number of carbonyl (C=O) groups is 1. The molecule has 2 aliphatic rings. The van der Waals surface area contributed by atoms with Crippen LogP contribution in [-0.2, 0) is 4.79 Å². The Bertz CT molecular complexity index is 312. The lowest BCUT2D eigenvalue weighted by Gasteiger charge is -2.47. The second kappa shape index (κ2) is 6.90. The first-order chi connectivity index (χ1) is 9.45. The van der Waals surface area contributed by atoms with Crippen molar-refractivity contribution in [2.45, 2.75) is 52.0 Å². The van der Waals surface area contributed by atoms with Crippen molar-refractivity contribution in [2.24, 2.45) is 5.92 Å². The summed E-state index contributed by atoms with van der Waals surface area (Å²) in [5.41, 5.74) is 0.273. The molecule has 0 aromatic heterocycles. The maximum absolute atomic E-state index is 11.9. The molecule has 20 heavy (non-hydrogen) atoms. The van der Waals surface area contributed by atoms with Crippen molar-refractivity contribution >= 4 is 5.91 Å². The lowest BCUT2D eigenvalue weighted by molar-refractivity contribution is -0.122. The van der Waals surface area contributed by atoms with Crippen LogP contribution < -0.4 is 5.32 Å². The van der Waals surface area contributed by atoms with Crippen LogP contribution in [0.25, 0.3) is 0 Å². The van der Waals surface area contributed by atoms with Crippen molar-refractivity contribution in [3.05, 3.63) is 0 Å². The van der Waals surface area contributed by atoms with E-state index in [9.17, 15) is 4.79 Å². The average Bonchev–Trinajstić information content (AvgIpc) is 2.34. The minimum atomic E-state index is 0.227. The number of nitrogens with zero attached hydrogens (tertiary/aromatic N) is 2. The van der Waals surface area contributed by atoms with E-state index in [1.54, 1.807) is 0 Å². The highest BCUT2D eigenvalue weighted by atomic mass is 16.1. The largest absolute Gasteiger partial charge is 0.356 e. The van der Waals surface area contributed by atoms with Crippen molar-refractivity contribution in [2.75, 3.05) is 39.3 Å². The van der Waals surface area contributed by atoms with Crippen LogP contribution >= 0.6 is 0 Å². The van der Waals surface area contributed by atoms with Gasteiger partial charge in [-0.15, -0.1) is 0 Å². The summed E-state index contributed by atoms with van der Waals surface area (Å²) < 4.78 is 0. The Hall–Kier alpha value is -0.610. The number of carbonyl (C=O) groups excluding carboxylic acids is 1. The Morgan fingerprint density at radius 1 is 1.15 bits per heavy atom. The van der Waals surface area contributed by atoms with Gasteiger partial charge in [0.25, 0.3) is 0 Å². The summed E-state index contributed by atoms with van der Waals surface area (Å²) in [6, 6.07) is 0. The Labute approximate surface area is 123 Å². The second-order valence-electron chi connectivity index (χ2n) is 7.40. The SMILES string of the molecule is CC(C)(C)N1CC(CNC(=O)CCN2CCCCC2)C1. The van der Waals surface area contributed by atoms with Gasteiger partial charge in [-0.1, -0.05) is 6.42 Å². The summed E-state index contributed by atoms with van der Waals surface area (Å²) in [4.78, 5) is 16.8. The molecule has 0 aliphatic carbocycles. The molecule has 0 spiro atoms. The Kier molecular flexibility index (Phi) is 5.44. The zero-order valence-electron chi connectivity index (χ0n) is 13.5. The van der Waals surface area contributed by atoms with Gasteiger partial charge in [0.05, 0.1) is 0 Å².